The molecule has 0 radical (unpaired) electrons. The molecular formula is C7H10N4O3. The number of carbonyl (C=O) groups excluding carboxylic acids is 1. The zero-order chi connectivity index (χ0) is 10.7. The number of aromatic amines is 1. The number of H-pyrrole nitrogens is 1. The van der Waals surface area contributed by atoms with Crippen LogP contribution in [0.15, 0.2) is 6.20 Å². The number of nitrogens with zero attached hydrogens (tertiary/aromatic N) is 1. The van der Waals surface area contributed by atoms with E-state index in [2.05, 4.69) is 15.5 Å². The van der Waals surface area contributed by atoms with E-state index < -0.39 is 17.9 Å². The lowest BCUT2D eigenvalue weighted by Crippen LogP contribution is -2.38. The molecule has 0 aliphatic carbocycles. The number of rotatable bonds is 3. The lowest BCUT2D eigenvalue weighted by atomic mass is 10.2. The molecule has 14 heavy (non-hydrogen) atoms. The van der Waals surface area contributed by atoms with Gasteiger partial charge < -0.3 is 16.2 Å². The molecule has 1 unspecified atom stereocenters. The second kappa shape index (κ2) is 3.77. The van der Waals surface area contributed by atoms with Crippen LogP contribution in [0.3, 0.4) is 0 Å². The molecule has 1 aromatic heterocycles. The summed E-state index contributed by atoms with van der Waals surface area (Å²) >= 11 is 0. The molecule has 7 heteroatoms. The van der Waals surface area contributed by atoms with Crippen LogP contribution in [-0.4, -0.2) is 33.2 Å². The largest absolute Gasteiger partial charge is 0.480 e. The second-order valence-electron chi connectivity index (χ2n) is 2.73. The fraction of sp³-hybridized carbons (Fsp3) is 0.286. The molecule has 1 heterocycles. The molecule has 0 fully saturated rings. The highest BCUT2D eigenvalue weighted by atomic mass is 16.4. The third kappa shape index (κ3) is 2.00. The normalized spacial score (nSPS) is 12.1. The predicted molar refractivity (Wildman–Crippen MR) is 47.6 cm³/mol. The number of anilines is 1. The van der Waals surface area contributed by atoms with Crippen LogP contribution in [0.5, 0.6) is 0 Å². The number of amides is 1. The average Bonchev–Trinajstić information content (AvgIpc) is 2.51. The van der Waals surface area contributed by atoms with Crippen molar-refractivity contribution >= 4 is 17.7 Å². The molecule has 1 atom stereocenters. The molecule has 7 nitrogen and oxygen atoms in total. The number of nitrogens with one attached hydrogen (secondary N) is 2. The molecule has 0 aliphatic rings. The Morgan fingerprint density at radius 3 is 2.79 bits per heavy atom. The third-order valence-corrected chi connectivity index (χ3v) is 1.63. The molecule has 1 aromatic rings. The van der Waals surface area contributed by atoms with Gasteiger partial charge in [-0.25, -0.2) is 0 Å². The van der Waals surface area contributed by atoms with E-state index in [9.17, 15) is 9.59 Å². The van der Waals surface area contributed by atoms with E-state index in [1.165, 1.54) is 13.1 Å². The fourth-order valence-electron chi connectivity index (χ4n) is 0.813. The zero-order valence-electron chi connectivity index (χ0n) is 7.44. The first-order chi connectivity index (χ1) is 6.52. The molecule has 76 valence electrons. The first-order valence-corrected chi connectivity index (χ1v) is 3.85. The molecule has 0 bridgehead atoms. The number of aromatic nitrogens is 2. The number of nitrogens with two attached hydrogens (primary N) is 1. The van der Waals surface area contributed by atoms with Crippen LogP contribution < -0.4 is 11.1 Å². The van der Waals surface area contributed by atoms with Crippen molar-refractivity contribution in [3.63, 3.8) is 0 Å². The monoisotopic (exact) mass is 198 g/mol. The molecule has 0 aliphatic heterocycles. The van der Waals surface area contributed by atoms with Gasteiger partial charge in [-0.3, -0.25) is 14.7 Å². The summed E-state index contributed by atoms with van der Waals surface area (Å²) in [5, 5.41) is 16.7. The van der Waals surface area contributed by atoms with E-state index in [0.29, 0.717) is 0 Å². The van der Waals surface area contributed by atoms with Crippen LogP contribution in [0.2, 0.25) is 0 Å². The summed E-state index contributed by atoms with van der Waals surface area (Å²) in [6, 6.07) is -0.961. The van der Waals surface area contributed by atoms with Crippen molar-refractivity contribution in [2.75, 3.05) is 5.73 Å². The van der Waals surface area contributed by atoms with Crippen LogP contribution in [-0.2, 0) is 4.79 Å². The topological polar surface area (TPSA) is 121 Å². The molecular weight excluding hydrogens is 188 g/mol. The maximum Gasteiger partial charge on any atom is 0.325 e. The lowest BCUT2D eigenvalue weighted by molar-refractivity contribution is -0.138. The lowest BCUT2D eigenvalue weighted by Gasteiger charge is -2.07. The number of carbonyl (C=O) groups is 2. The van der Waals surface area contributed by atoms with E-state index >= 15 is 0 Å². The minimum absolute atomic E-state index is 0.111. The quantitative estimate of drug-likeness (QED) is 0.506. The highest BCUT2D eigenvalue weighted by molar-refractivity contribution is 5.99. The van der Waals surface area contributed by atoms with Gasteiger partial charge in [0.05, 0.1) is 6.20 Å². The van der Waals surface area contributed by atoms with E-state index in [4.69, 9.17) is 10.8 Å². The Bertz CT molecular complexity index is 360. The van der Waals surface area contributed by atoms with Crippen LogP contribution in [0, 0.1) is 0 Å². The van der Waals surface area contributed by atoms with Crippen molar-refractivity contribution in [1.82, 2.24) is 15.5 Å². The zero-order valence-corrected chi connectivity index (χ0v) is 7.44. The summed E-state index contributed by atoms with van der Waals surface area (Å²) in [5.41, 5.74) is 5.50. The number of hydrogen-bond acceptors (Lipinski definition) is 4. The molecule has 1 amide bonds. The summed E-state index contributed by atoms with van der Waals surface area (Å²) in [5.74, 6) is -1.56. The van der Waals surface area contributed by atoms with Crippen molar-refractivity contribution in [3.8, 4) is 0 Å². The Morgan fingerprint density at radius 2 is 2.36 bits per heavy atom. The van der Waals surface area contributed by atoms with Crippen molar-refractivity contribution in [3.05, 3.63) is 11.8 Å². The van der Waals surface area contributed by atoms with Gasteiger partial charge in [-0.2, -0.15) is 5.10 Å². The van der Waals surface area contributed by atoms with Crippen molar-refractivity contribution < 1.29 is 14.7 Å². The van der Waals surface area contributed by atoms with Gasteiger partial charge in [-0.15, -0.1) is 0 Å². The summed E-state index contributed by atoms with van der Waals surface area (Å²) in [6.07, 6.45) is 1.24. The Hall–Kier alpha value is -2.05. The Kier molecular flexibility index (Phi) is 2.70. The van der Waals surface area contributed by atoms with E-state index in [1.807, 2.05) is 0 Å². The van der Waals surface area contributed by atoms with Gasteiger partial charge in [0.15, 0.2) is 0 Å². The molecule has 0 saturated heterocycles. The summed E-state index contributed by atoms with van der Waals surface area (Å²) in [7, 11) is 0. The first kappa shape index (κ1) is 10.0. The summed E-state index contributed by atoms with van der Waals surface area (Å²) < 4.78 is 0. The third-order valence-electron chi connectivity index (χ3n) is 1.63. The van der Waals surface area contributed by atoms with Crippen LogP contribution in [0.1, 0.15) is 17.3 Å². The highest BCUT2D eigenvalue weighted by Crippen LogP contribution is 2.05. The Morgan fingerprint density at radius 1 is 1.71 bits per heavy atom. The van der Waals surface area contributed by atoms with Gasteiger partial charge in [-0.05, 0) is 6.92 Å². The highest BCUT2D eigenvalue weighted by Gasteiger charge is 2.17. The standard InChI is InChI=1S/C7H10N4O3/c1-3(7(13)14)10-6(12)4-2-9-11-5(4)8/h2-3H,1H3,(H,10,12)(H,13,14)(H3,8,9,11). The van der Waals surface area contributed by atoms with Crippen LogP contribution in [0.25, 0.3) is 0 Å². The molecule has 5 N–H and O–H groups in total. The first-order valence-electron chi connectivity index (χ1n) is 3.85. The van der Waals surface area contributed by atoms with Gasteiger partial charge in [0.2, 0.25) is 0 Å². The summed E-state index contributed by atoms with van der Waals surface area (Å²) in [4.78, 5) is 21.7. The van der Waals surface area contributed by atoms with Gasteiger partial charge in [0.1, 0.15) is 17.4 Å². The van der Waals surface area contributed by atoms with Gasteiger partial charge in [0.25, 0.3) is 5.91 Å². The van der Waals surface area contributed by atoms with E-state index in [-0.39, 0.29) is 11.4 Å². The predicted octanol–water partition coefficient (Wildman–Crippen LogP) is -0.805. The molecule has 1 rings (SSSR count). The van der Waals surface area contributed by atoms with Crippen molar-refractivity contribution in [2.24, 2.45) is 0 Å². The molecule has 0 saturated carbocycles. The minimum atomic E-state index is -1.11. The number of carboxylic acids is 1. The van der Waals surface area contributed by atoms with Gasteiger partial charge in [0, 0.05) is 0 Å². The smallest absolute Gasteiger partial charge is 0.325 e. The maximum absolute atomic E-state index is 11.3. The van der Waals surface area contributed by atoms with E-state index in [1.54, 1.807) is 0 Å². The molecule has 0 aromatic carbocycles. The number of nitrogen functional groups attached to an aromatic ring is 1. The number of carboxylic acid groups (broad SMARTS) is 1. The van der Waals surface area contributed by atoms with Crippen molar-refractivity contribution in [2.45, 2.75) is 13.0 Å². The van der Waals surface area contributed by atoms with Crippen LogP contribution >= 0.6 is 0 Å². The van der Waals surface area contributed by atoms with Crippen molar-refractivity contribution in [1.29, 1.82) is 0 Å². The van der Waals surface area contributed by atoms with Gasteiger partial charge in [-0.1, -0.05) is 0 Å². The van der Waals surface area contributed by atoms with Gasteiger partial charge >= 0.3 is 5.97 Å². The Labute approximate surface area is 79.3 Å². The summed E-state index contributed by atoms with van der Waals surface area (Å²) in [6.45, 7) is 1.36. The number of hydrogen-bond donors (Lipinski definition) is 4. The minimum Gasteiger partial charge on any atom is -0.480 e. The van der Waals surface area contributed by atoms with Crippen LogP contribution in [0.4, 0.5) is 5.82 Å². The SMILES string of the molecule is CC(NC(=O)c1cn[nH]c1N)C(=O)O. The average molecular weight is 198 g/mol. The maximum atomic E-state index is 11.3. The number of aliphatic carboxylic acids is 1. The fourth-order valence-corrected chi connectivity index (χ4v) is 0.813. The Balaban J connectivity index is 2.69. The second-order valence-corrected chi connectivity index (χ2v) is 2.73. The van der Waals surface area contributed by atoms with E-state index in [0.717, 1.165) is 0 Å². The molecule has 0 spiro atoms.